The predicted molar refractivity (Wildman–Crippen MR) is 63.1 cm³/mol. The van der Waals surface area contributed by atoms with E-state index in [9.17, 15) is 0 Å². The number of nitrogens with one attached hydrogen (secondary N) is 1. The van der Waals surface area contributed by atoms with Crippen LogP contribution in [0.2, 0.25) is 0 Å². The quantitative estimate of drug-likeness (QED) is 0.719. The van der Waals surface area contributed by atoms with Gasteiger partial charge in [-0.2, -0.15) is 0 Å². The van der Waals surface area contributed by atoms with Crippen LogP contribution in [0.1, 0.15) is 40.5 Å². The number of hydrogen-bond donors (Lipinski definition) is 1. The highest BCUT2D eigenvalue weighted by molar-refractivity contribution is 5.29. The van der Waals surface area contributed by atoms with E-state index in [4.69, 9.17) is 0 Å². The summed E-state index contributed by atoms with van der Waals surface area (Å²) in [6, 6.07) is 0. The van der Waals surface area contributed by atoms with Crippen molar-refractivity contribution in [3.8, 4) is 0 Å². The number of allylic oxidation sites excluding steroid dienone is 4. The van der Waals surface area contributed by atoms with Crippen LogP contribution in [0.5, 0.6) is 0 Å². The first-order valence-electron chi connectivity index (χ1n) is 5.39. The maximum Gasteiger partial charge on any atom is 0.0562 e. The van der Waals surface area contributed by atoms with Crippen molar-refractivity contribution >= 4 is 0 Å². The van der Waals surface area contributed by atoms with E-state index in [1.807, 2.05) is 0 Å². The molecule has 0 heterocycles. The summed E-state index contributed by atoms with van der Waals surface area (Å²) in [6.45, 7) is 8.60. The molecule has 1 heteroatoms. The molecule has 78 valence electrons. The van der Waals surface area contributed by atoms with Crippen LogP contribution in [0.15, 0.2) is 35.6 Å². The van der Waals surface area contributed by atoms with Crippen molar-refractivity contribution in [1.29, 1.82) is 0 Å². The lowest BCUT2D eigenvalue weighted by Crippen LogP contribution is -2.39. The minimum absolute atomic E-state index is 0.106. The summed E-state index contributed by atoms with van der Waals surface area (Å²) >= 11 is 0. The lowest BCUT2D eigenvalue weighted by atomic mass is 9.89. The summed E-state index contributed by atoms with van der Waals surface area (Å²) in [7, 11) is 0. The van der Waals surface area contributed by atoms with Crippen molar-refractivity contribution < 1.29 is 0 Å². The lowest BCUT2D eigenvalue weighted by Gasteiger charge is -2.30. The zero-order chi connectivity index (χ0) is 10.6. The SMILES string of the molecule is C/C=C(/C)N[C@]1(C)C=CC(CC)=CC1. The Balaban J connectivity index is 2.64. The Hall–Kier alpha value is -0.980. The molecule has 0 radical (unpaired) electrons. The second-order valence-electron chi connectivity index (χ2n) is 4.18. The minimum Gasteiger partial charge on any atom is -0.380 e. The van der Waals surface area contributed by atoms with Crippen molar-refractivity contribution in [3.05, 3.63) is 35.6 Å². The topological polar surface area (TPSA) is 12.0 Å². The van der Waals surface area contributed by atoms with E-state index in [0.717, 1.165) is 12.8 Å². The predicted octanol–water partition coefficient (Wildman–Crippen LogP) is 3.55. The average Bonchev–Trinajstić information content (AvgIpc) is 2.18. The summed E-state index contributed by atoms with van der Waals surface area (Å²) in [5.74, 6) is 0. The molecule has 0 aliphatic heterocycles. The molecule has 0 bridgehead atoms. The maximum atomic E-state index is 3.52. The van der Waals surface area contributed by atoms with E-state index in [1.54, 1.807) is 0 Å². The van der Waals surface area contributed by atoms with Crippen LogP contribution < -0.4 is 5.32 Å². The van der Waals surface area contributed by atoms with Gasteiger partial charge in [-0.1, -0.05) is 36.8 Å². The normalized spacial score (nSPS) is 27.4. The van der Waals surface area contributed by atoms with Gasteiger partial charge in [-0.3, -0.25) is 0 Å². The van der Waals surface area contributed by atoms with Gasteiger partial charge in [0.05, 0.1) is 5.54 Å². The van der Waals surface area contributed by atoms with Gasteiger partial charge >= 0.3 is 0 Å². The minimum atomic E-state index is 0.106. The van der Waals surface area contributed by atoms with Gasteiger partial charge in [0.2, 0.25) is 0 Å². The molecule has 1 aliphatic carbocycles. The zero-order valence-corrected chi connectivity index (χ0v) is 9.72. The zero-order valence-electron chi connectivity index (χ0n) is 9.72. The average molecular weight is 191 g/mol. The second-order valence-corrected chi connectivity index (χ2v) is 4.18. The fraction of sp³-hybridized carbons (Fsp3) is 0.538. The molecule has 0 saturated heterocycles. The van der Waals surface area contributed by atoms with Crippen LogP contribution in [0.3, 0.4) is 0 Å². The van der Waals surface area contributed by atoms with Crippen molar-refractivity contribution in [1.82, 2.24) is 5.32 Å². The van der Waals surface area contributed by atoms with Gasteiger partial charge in [-0.15, -0.1) is 0 Å². The van der Waals surface area contributed by atoms with Crippen molar-refractivity contribution in [2.75, 3.05) is 0 Å². The Labute approximate surface area is 87.6 Å². The van der Waals surface area contributed by atoms with E-state index in [-0.39, 0.29) is 5.54 Å². The monoisotopic (exact) mass is 191 g/mol. The molecule has 1 rings (SSSR count). The fourth-order valence-corrected chi connectivity index (χ4v) is 1.65. The number of hydrogen-bond acceptors (Lipinski definition) is 1. The van der Waals surface area contributed by atoms with E-state index in [0.29, 0.717) is 0 Å². The summed E-state index contributed by atoms with van der Waals surface area (Å²) in [5.41, 5.74) is 2.79. The largest absolute Gasteiger partial charge is 0.380 e. The second kappa shape index (κ2) is 4.50. The van der Waals surface area contributed by atoms with Crippen molar-refractivity contribution in [2.45, 2.75) is 46.1 Å². The van der Waals surface area contributed by atoms with Gasteiger partial charge in [-0.05, 0) is 33.6 Å². The molecule has 0 amide bonds. The van der Waals surface area contributed by atoms with Crippen molar-refractivity contribution in [2.24, 2.45) is 0 Å². The van der Waals surface area contributed by atoms with Gasteiger partial charge in [0.15, 0.2) is 0 Å². The first kappa shape index (κ1) is 11.1. The van der Waals surface area contributed by atoms with Gasteiger partial charge in [0, 0.05) is 5.70 Å². The molecule has 0 aromatic carbocycles. The fourth-order valence-electron chi connectivity index (χ4n) is 1.65. The first-order chi connectivity index (χ1) is 6.59. The lowest BCUT2D eigenvalue weighted by molar-refractivity contribution is 0.482. The molecule has 0 fully saturated rings. The molecule has 0 aromatic heterocycles. The highest BCUT2D eigenvalue weighted by Gasteiger charge is 2.21. The molecule has 1 nitrogen and oxygen atoms in total. The van der Waals surface area contributed by atoms with Gasteiger partial charge in [0.25, 0.3) is 0 Å². The molecular weight excluding hydrogens is 170 g/mol. The van der Waals surface area contributed by atoms with Gasteiger partial charge in [-0.25, -0.2) is 0 Å². The third kappa shape index (κ3) is 2.76. The molecule has 0 unspecified atom stereocenters. The Kier molecular flexibility index (Phi) is 3.56. The van der Waals surface area contributed by atoms with Gasteiger partial charge in [0.1, 0.15) is 0 Å². The van der Waals surface area contributed by atoms with Crippen LogP contribution in [0, 0.1) is 0 Å². The van der Waals surface area contributed by atoms with E-state index in [1.165, 1.54) is 11.3 Å². The molecule has 1 aliphatic rings. The van der Waals surface area contributed by atoms with Crippen molar-refractivity contribution in [3.63, 3.8) is 0 Å². The Morgan fingerprint density at radius 3 is 2.79 bits per heavy atom. The standard InChI is InChI=1S/C13H21N/c1-5-11(3)14-13(4)9-7-12(6-2)8-10-13/h5,7-9,14H,6,10H2,1-4H3/b11-5-/t13-/m1/s1. The highest BCUT2D eigenvalue weighted by Crippen LogP contribution is 2.22. The first-order valence-corrected chi connectivity index (χ1v) is 5.39. The van der Waals surface area contributed by atoms with E-state index in [2.05, 4.69) is 57.3 Å². The Bertz CT molecular complexity index is 284. The Morgan fingerprint density at radius 1 is 1.64 bits per heavy atom. The number of rotatable bonds is 3. The maximum absolute atomic E-state index is 3.52. The third-order valence-corrected chi connectivity index (χ3v) is 2.78. The van der Waals surface area contributed by atoms with Crippen LogP contribution >= 0.6 is 0 Å². The summed E-state index contributed by atoms with van der Waals surface area (Å²) in [5, 5.41) is 3.52. The molecule has 0 spiro atoms. The molecule has 0 saturated carbocycles. The van der Waals surface area contributed by atoms with E-state index >= 15 is 0 Å². The Morgan fingerprint density at radius 2 is 2.36 bits per heavy atom. The molecule has 0 aromatic rings. The van der Waals surface area contributed by atoms with Crippen LogP contribution in [0.25, 0.3) is 0 Å². The van der Waals surface area contributed by atoms with Crippen LogP contribution in [0.4, 0.5) is 0 Å². The van der Waals surface area contributed by atoms with Gasteiger partial charge < -0.3 is 5.32 Å². The highest BCUT2D eigenvalue weighted by atomic mass is 15.0. The molecule has 1 atom stereocenters. The van der Waals surface area contributed by atoms with E-state index < -0.39 is 0 Å². The molecule has 14 heavy (non-hydrogen) atoms. The molecular formula is C13H21N. The summed E-state index contributed by atoms with van der Waals surface area (Å²) in [6.07, 6.45) is 11.2. The van der Waals surface area contributed by atoms with Crippen LogP contribution in [-0.4, -0.2) is 5.54 Å². The summed E-state index contributed by atoms with van der Waals surface area (Å²) < 4.78 is 0. The summed E-state index contributed by atoms with van der Waals surface area (Å²) in [4.78, 5) is 0. The van der Waals surface area contributed by atoms with Crippen LogP contribution in [-0.2, 0) is 0 Å². The third-order valence-electron chi connectivity index (χ3n) is 2.78. The smallest absolute Gasteiger partial charge is 0.0562 e. The molecule has 1 N–H and O–H groups in total.